The third-order valence-electron chi connectivity index (χ3n) is 1.43. The molecule has 5 heteroatoms. The zero-order chi connectivity index (χ0) is 11.0. The van der Waals surface area contributed by atoms with Crippen molar-refractivity contribution in [2.75, 3.05) is 6.54 Å². The summed E-state index contributed by atoms with van der Waals surface area (Å²) in [7, 11) is 0. The predicted molar refractivity (Wildman–Crippen MR) is 51.0 cm³/mol. The predicted octanol–water partition coefficient (Wildman–Crippen LogP) is -0.293. The number of rotatable bonds is 4. The highest BCUT2D eigenvalue weighted by atomic mass is 16.2. The fraction of sp³-hybridized carbons (Fsp3) is 0.444. The minimum Gasteiger partial charge on any atom is -0.345 e. The highest BCUT2D eigenvalue weighted by molar-refractivity contribution is 6.35. The lowest BCUT2D eigenvalue weighted by Gasteiger charge is -2.10. The average molecular weight is 195 g/mol. The molecule has 0 saturated heterocycles. The number of amides is 2. The van der Waals surface area contributed by atoms with E-state index in [9.17, 15) is 9.59 Å². The molecule has 0 bridgehead atoms. The number of hydrogen-bond acceptors (Lipinski definition) is 3. The molecule has 1 atom stereocenters. The summed E-state index contributed by atoms with van der Waals surface area (Å²) < 4.78 is 0. The van der Waals surface area contributed by atoms with Crippen molar-refractivity contribution < 1.29 is 9.59 Å². The van der Waals surface area contributed by atoms with Gasteiger partial charge in [-0.1, -0.05) is 6.08 Å². The van der Waals surface area contributed by atoms with Crippen LogP contribution in [0.2, 0.25) is 0 Å². The first-order valence-corrected chi connectivity index (χ1v) is 4.18. The molecule has 0 fully saturated rings. The Labute approximate surface area is 82.8 Å². The number of nitrogens with one attached hydrogen (secondary N) is 2. The Hall–Kier alpha value is -1.83. The van der Waals surface area contributed by atoms with E-state index in [0.717, 1.165) is 0 Å². The average Bonchev–Trinajstić information content (AvgIpc) is 2.14. The second kappa shape index (κ2) is 6.66. The number of hydrogen-bond donors (Lipinski definition) is 2. The van der Waals surface area contributed by atoms with E-state index >= 15 is 0 Å². The zero-order valence-electron chi connectivity index (χ0n) is 8.04. The summed E-state index contributed by atoms with van der Waals surface area (Å²) in [5.41, 5.74) is 0. The number of nitriles is 1. The lowest BCUT2D eigenvalue weighted by atomic mass is 10.2. The molecule has 0 heterocycles. The monoisotopic (exact) mass is 195 g/mol. The molecule has 1 unspecified atom stereocenters. The Morgan fingerprint density at radius 1 is 1.57 bits per heavy atom. The highest BCUT2D eigenvalue weighted by Gasteiger charge is 2.14. The fourth-order valence-corrected chi connectivity index (χ4v) is 0.798. The van der Waals surface area contributed by atoms with E-state index in [1.165, 1.54) is 0 Å². The summed E-state index contributed by atoms with van der Waals surface area (Å²) in [6.07, 6.45) is 2.25. The third kappa shape index (κ3) is 4.93. The summed E-state index contributed by atoms with van der Waals surface area (Å²) in [4.78, 5) is 22.0. The van der Waals surface area contributed by atoms with E-state index in [-0.39, 0.29) is 12.6 Å². The van der Waals surface area contributed by atoms with Gasteiger partial charge in [0.05, 0.1) is 6.07 Å². The Morgan fingerprint density at radius 2 is 2.21 bits per heavy atom. The van der Waals surface area contributed by atoms with Crippen molar-refractivity contribution in [3.63, 3.8) is 0 Å². The van der Waals surface area contributed by atoms with Crippen molar-refractivity contribution in [3.8, 4) is 6.07 Å². The Kier molecular flexibility index (Phi) is 5.79. The molecule has 0 saturated carbocycles. The van der Waals surface area contributed by atoms with Crippen molar-refractivity contribution in [2.24, 2.45) is 0 Å². The van der Waals surface area contributed by atoms with Crippen LogP contribution in [0.3, 0.4) is 0 Å². The SMILES string of the molecule is C=CCC(C)NC(=O)C(=O)NCC#N. The van der Waals surface area contributed by atoms with Crippen LogP contribution >= 0.6 is 0 Å². The first-order valence-electron chi connectivity index (χ1n) is 4.18. The smallest absolute Gasteiger partial charge is 0.310 e. The molecule has 0 aliphatic heterocycles. The molecule has 0 spiro atoms. The molecule has 0 radical (unpaired) electrons. The van der Waals surface area contributed by atoms with Crippen LogP contribution in [0.4, 0.5) is 0 Å². The molecule has 0 aromatic carbocycles. The van der Waals surface area contributed by atoms with E-state index in [1.807, 2.05) is 0 Å². The minimum atomic E-state index is -0.789. The molecule has 76 valence electrons. The Morgan fingerprint density at radius 3 is 2.71 bits per heavy atom. The summed E-state index contributed by atoms with van der Waals surface area (Å²) in [6, 6.07) is 1.57. The molecule has 5 nitrogen and oxygen atoms in total. The van der Waals surface area contributed by atoms with E-state index in [0.29, 0.717) is 6.42 Å². The maximum absolute atomic E-state index is 11.1. The van der Waals surface area contributed by atoms with E-state index in [2.05, 4.69) is 17.2 Å². The van der Waals surface area contributed by atoms with Crippen LogP contribution in [0.1, 0.15) is 13.3 Å². The van der Waals surface area contributed by atoms with E-state index < -0.39 is 11.8 Å². The second-order valence-electron chi connectivity index (χ2n) is 2.74. The van der Waals surface area contributed by atoms with Gasteiger partial charge in [-0.05, 0) is 13.3 Å². The van der Waals surface area contributed by atoms with Crippen LogP contribution in [0.25, 0.3) is 0 Å². The van der Waals surface area contributed by atoms with E-state index in [1.54, 1.807) is 19.1 Å². The van der Waals surface area contributed by atoms with Gasteiger partial charge in [-0.2, -0.15) is 5.26 Å². The molecular formula is C9H13N3O2. The molecule has 0 aromatic heterocycles. The van der Waals surface area contributed by atoms with Gasteiger partial charge in [0.2, 0.25) is 0 Å². The Balaban J connectivity index is 3.89. The Bertz CT molecular complexity index is 268. The first-order chi connectivity index (χ1) is 6.61. The van der Waals surface area contributed by atoms with Gasteiger partial charge in [-0.25, -0.2) is 0 Å². The molecule has 14 heavy (non-hydrogen) atoms. The van der Waals surface area contributed by atoms with Crippen LogP contribution in [0, 0.1) is 11.3 Å². The maximum atomic E-state index is 11.1. The van der Waals surface area contributed by atoms with Crippen molar-refractivity contribution >= 4 is 11.8 Å². The lowest BCUT2D eigenvalue weighted by Crippen LogP contribution is -2.43. The summed E-state index contributed by atoms with van der Waals surface area (Å²) in [6.45, 7) is 5.10. The van der Waals surface area contributed by atoms with Gasteiger partial charge >= 0.3 is 11.8 Å². The van der Waals surface area contributed by atoms with Crippen LogP contribution in [-0.2, 0) is 9.59 Å². The third-order valence-corrected chi connectivity index (χ3v) is 1.43. The number of carbonyl (C=O) groups is 2. The minimum absolute atomic E-state index is 0.132. The standard InChI is InChI=1S/C9H13N3O2/c1-3-4-7(2)12-9(14)8(13)11-6-5-10/h3,7H,1,4,6H2,2H3,(H,11,13)(H,12,14). The largest absolute Gasteiger partial charge is 0.345 e. The van der Waals surface area contributed by atoms with Gasteiger partial charge in [-0.3, -0.25) is 9.59 Å². The second-order valence-corrected chi connectivity index (χ2v) is 2.74. The number of nitrogens with zero attached hydrogens (tertiary/aromatic N) is 1. The van der Waals surface area contributed by atoms with Crippen molar-refractivity contribution in [3.05, 3.63) is 12.7 Å². The van der Waals surface area contributed by atoms with Gasteiger partial charge in [-0.15, -0.1) is 6.58 Å². The topological polar surface area (TPSA) is 82.0 Å². The first kappa shape index (κ1) is 12.2. The zero-order valence-corrected chi connectivity index (χ0v) is 8.04. The van der Waals surface area contributed by atoms with Crippen LogP contribution in [0.15, 0.2) is 12.7 Å². The molecule has 0 aromatic rings. The van der Waals surface area contributed by atoms with Crippen molar-refractivity contribution in [1.82, 2.24) is 10.6 Å². The summed E-state index contributed by atoms with van der Waals surface area (Å²) in [5.74, 6) is -1.52. The molecular weight excluding hydrogens is 182 g/mol. The van der Waals surface area contributed by atoms with Gasteiger partial charge < -0.3 is 10.6 Å². The number of carbonyl (C=O) groups excluding carboxylic acids is 2. The van der Waals surface area contributed by atoms with Gasteiger partial charge in [0.25, 0.3) is 0 Å². The molecule has 0 rings (SSSR count). The van der Waals surface area contributed by atoms with Crippen LogP contribution in [-0.4, -0.2) is 24.4 Å². The molecule has 0 aliphatic carbocycles. The van der Waals surface area contributed by atoms with Crippen molar-refractivity contribution in [1.29, 1.82) is 5.26 Å². The van der Waals surface area contributed by atoms with E-state index in [4.69, 9.17) is 5.26 Å². The van der Waals surface area contributed by atoms with Crippen LogP contribution in [0.5, 0.6) is 0 Å². The highest BCUT2D eigenvalue weighted by Crippen LogP contribution is 1.89. The normalized spacial score (nSPS) is 10.9. The maximum Gasteiger partial charge on any atom is 0.310 e. The van der Waals surface area contributed by atoms with Gasteiger partial charge in [0.1, 0.15) is 6.54 Å². The summed E-state index contributed by atoms with van der Waals surface area (Å²) >= 11 is 0. The van der Waals surface area contributed by atoms with Gasteiger partial charge in [0, 0.05) is 6.04 Å². The quantitative estimate of drug-likeness (QED) is 0.367. The van der Waals surface area contributed by atoms with Crippen LogP contribution < -0.4 is 10.6 Å². The molecule has 2 amide bonds. The molecule has 0 aliphatic rings. The fourth-order valence-electron chi connectivity index (χ4n) is 0.798. The summed E-state index contributed by atoms with van der Waals surface area (Å²) in [5, 5.41) is 12.8. The molecule has 2 N–H and O–H groups in total. The van der Waals surface area contributed by atoms with Gasteiger partial charge in [0.15, 0.2) is 0 Å². The lowest BCUT2D eigenvalue weighted by molar-refractivity contribution is -0.139. The van der Waals surface area contributed by atoms with Crippen molar-refractivity contribution in [2.45, 2.75) is 19.4 Å².